The topological polar surface area (TPSA) is 68.3 Å². The Balaban J connectivity index is 1.90. The summed E-state index contributed by atoms with van der Waals surface area (Å²) in [5.74, 6) is 0.373. The monoisotopic (exact) mass is 222 g/mol. The van der Waals surface area contributed by atoms with Crippen LogP contribution in [0.4, 0.5) is 0 Å². The fourth-order valence-electron chi connectivity index (χ4n) is 1.84. The van der Waals surface area contributed by atoms with Crippen molar-refractivity contribution in [3.8, 4) is 11.5 Å². The maximum Gasteiger partial charge on any atom is 0.338 e. The lowest BCUT2D eigenvalue weighted by molar-refractivity contribution is -0.142. The van der Waals surface area contributed by atoms with E-state index < -0.39 is 17.7 Å². The van der Waals surface area contributed by atoms with Crippen molar-refractivity contribution in [3.05, 3.63) is 23.8 Å². The lowest BCUT2D eigenvalue weighted by atomic mass is 10.0. The lowest BCUT2D eigenvalue weighted by Gasteiger charge is -2.01. The largest absolute Gasteiger partial charge is 0.479 e. The van der Waals surface area contributed by atoms with Crippen molar-refractivity contribution in [2.24, 2.45) is 0 Å². The van der Waals surface area contributed by atoms with Crippen molar-refractivity contribution in [1.29, 1.82) is 0 Å². The van der Waals surface area contributed by atoms with E-state index in [9.17, 15) is 4.79 Å². The van der Waals surface area contributed by atoms with Gasteiger partial charge in [-0.15, -0.1) is 0 Å². The van der Waals surface area contributed by atoms with Gasteiger partial charge in [-0.05, 0) is 24.6 Å². The molecule has 84 valence electrons. The zero-order valence-electron chi connectivity index (χ0n) is 8.60. The lowest BCUT2D eigenvalue weighted by Crippen LogP contribution is -2.20. The zero-order chi connectivity index (χ0) is 11.3. The molecule has 0 saturated carbocycles. The number of rotatable bonds is 2. The van der Waals surface area contributed by atoms with Crippen molar-refractivity contribution in [1.82, 2.24) is 0 Å². The summed E-state index contributed by atoms with van der Waals surface area (Å²) in [6.45, 7) is 1.77. The maximum absolute atomic E-state index is 10.9. The Morgan fingerprint density at radius 3 is 2.88 bits per heavy atom. The molecule has 2 heterocycles. The molecule has 2 atom stereocenters. The van der Waals surface area contributed by atoms with Crippen LogP contribution in [0, 0.1) is 0 Å². The van der Waals surface area contributed by atoms with Gasteiger partial charge < -0.3 is 19.3 Å². The number of carbonyl (C=O) groups is 1. The van der Waals surface area contributed by atoms with E-state index in [1.807, 2.05) is 0 Å². The van der Waals surface area contributed by atoms with Gasteiger partial charge in [-0.25, -0.2) is 4.79 Å². The minimum Gasteiger partial charge on any atom is -0.479 e. The summed E-state index contributed by atoms with van der Waals surface area (Å²) in [5.41, 5.74) is -0.303. The number of benzene rings is 1. The minimum atomic E-state index is -1.10. The van der Waals surface area contributed by atoms with Crippen LogP contribution < -0.4 is 9.47 Å². The summed E-state index contributed by atoms with van der Waals surface area (Å²) >= 11 is 0. The molecule has 0 bridgehead atoms. The van der Waals surface area contributed by atoms with Gasteiger partial charge in [0, 0.05) is 0 Å². The van der Waals surface area contributed by atoms with Gasteiger partial charge in [0.15, 0.2) is 17.1 Å². The molecule has 5 nitrogen and oxygen atoms in total. The van der Waals surface area contributed by atoms with E-state index in [1.165, 1.54) is 0 Å². The second kappa shape index (κ2) is 2.89. The van der Waals surface area contributed by atoms with Crippen LogP contribution >= 0.6 is 0 Å². The molecule has 5 heteroatoms. The van der Waals surface area contributed by atoms with Crippen molar-refractivity contribution in [3.63, 3.8) is 0 Å². The third-order valence-corrected chi connectivity index (χ3v) is 2.93. The number of hydrogen-bond acceptors (Lipinski definition) is 4. The number of fused-ring (bicyclic) bond motifs is 1. The van der Waals surface area contributed by atoms with Gasteiger partial charge in [-0.2, -0.15) is 0 Å². The van der Waals surface area contributed by atoms with E-state index in [-0.39, 0.29) is 6.79 Å². The van der Waals surface area contributed by atoms with Crippen LogP contribution in [0.1, 0.15) is 18.6 Å². The summed E-state index contributed by atoms with van der Waals surface area (Å²) in [5, 5.41) is 8.96. The molecular formula is C11H10O5. The van der Waals surface area contributed by atoms with E-state index >= 15 is 0 Å². The van der Waals surface area contributed by atoms with Crippen LogP contribution in [-0.2, 0) is 9.53 Å². The smallest absolute Gasteiger partial charge is 0.338 e. The predicted octanol–water partition coefficient (Wildman–Crippen LogP) is 1.33. The molecule has 2 aliphatic rings. The number of aliphatic carboxylic acids is 1. The van der Waals surface area contributed by atoms with Crippen molar-refractivity contribution in [2.45, 2.75) is 18.6 Å². The molecular weight excluding hydrogens is 212 g/mol. The molecule has 1 aromatic carbocycles. The quantitative estimate of drug-likeness (QED) is 0.764. The van der Waals surface area contributed by atoms with Crippen LogP contribution in [0.15, 0.2) is 18.2 Å². The molecule has 1 aromatic rings. The first kappa shape index (κ1) is 9.47. The molecule has 16 heavy (non-hydrogen) atoms. The average molecular weight is 222 g/mol. The molecule has 0 radical (unpaired) electrons. The standard InChI is InChI=1S/C11H10O5/c1-11(10(12)13)9(16-11)6-2-3-7-8(4-6)15-5-14-7/h2-4,9H,5H2,1H3,(H,12,13)/t9-,11-/m1/s1. The Hall–Kier alpha value is -1.75. The Kier molecular flexibility index (Phi) is 1.71. The summed E-state index contributed by atoms with van der Waals surface area (Å²) in [7, 11) is 0. The number of carboxylic acids is 1. The molecule has 0 aromatic heterocycles. The number of hydrogen-bond donors (Lipinski definition) is 1. The highest BCUT2D eigenvalue weighted by atomic mass is 16.7. The second-order valence-corrected chi connectivity index (χ2v) is 4.02. The van der Waals surface area contributed by atoms with Gasteiger partial charge in [0.25, 0.3) is 0 Å². The van der Waals surface area contributed by atoms with Crippen LogP contribution in [0.5, 0.6) is 11.5 Å². The minimum absolute atomic E-state index is 0.209. The third kappa shape index (κ3) is 1.18. The van der Waals surface area contributed by atoms with E-state index in [0.717, 1.165) is 5.56 Å². The Labute approximate surface area is 91.5 Å². The van der Waals surface area contributed by atoms with Crippen molar-refractivity contribution < 1.29 is 24.1 Å². The Morgan fingerprint density at radius 1 is 1.44 bits per heavy atom. The van der Waals surface area contributed by atoms with Gasteiger partial charge in [0.05, 0.1) is 0 Å². The third-order valence-electron chi connectivity index (χ3n) is 2.93. The molecule has 0 unspecified atom stereocenters. The summed E-state index contributed by atoms with van der Waals surface area (Å²) in [4.78, 5) is 10.9. The van der Waals surface area contributed by atoms with E-state index in [0.29, 0.717) is 11.5 Å². The zero-order valence-corrected chi connectivity index (χ0v) is 8.60. The molecule has 0 amide bonds. The van der Waals surface area contributed by atoms with Crippen LogP contribution in [-0.4, -0.2) is 23.5 Å². The van der Waals surface area contributed by atoms with Crippen LogP contribution in [0.2, 0.25) is 0 Å². The van der Waals surface area contributed by atoms with Gasteiger partial charge >= 0.3 is 5.97 Å². The maximum atomic E-state index is 10.9. The van der Waals surface area contributed by atoms with Gasteiger partial charge in [-0.1, -0.05) is 6.07 Å². The molecule has 1 N–H and O–H groups in total. The van der Waals surface area contributed by atoms with Gasteiger partial charge in [0.1, 0.15) is 6.10 Å². The summed E-state index contributed by atoms with van der Waals surface area (Å²) in [6, 6.07) is 5.33. The first-order valence-corrected chi connectivity index (χ1v) is 4.92. The highest BCUT2D eigenvalue weighted by Gasteiger charge is 2.60. The van der Waals surface area contributed by atoms with Crippen LogP contribution in [0.25, 0.3) is 0 Å². The van der Waals surface area contributed by atoms with Crippen LogP contribution in [0.3, 0.4) is 0 Å². The second-order valence-electron chi connectivity index (χ2n) is 4.02. The number of carboxylic acid groups (broad SMARTS) is 1. The molecule has 0 aliphatic carbocycles. The average Bonchev–Trinajstić information content (AvgIpc) is 2.75. The molecule has 0 spiro atoms. The first-order valence-electron chi connectivity index (χ1n) is 4.92. The SMILES string of the molecule is C[C@@]1(C(=O)O)O[C@@H]1c1ccc2c(c1)OCO2. The summed E-state index contributed by atoms with van der Waals surface area (Å²) < 4.78 is 15.6. The molecule has 3 rings (SSSR count). The molecule has 1 fully saturated rings. The van der Waals surface area contributed by atoms with Gasteiger partial charge in [-0.3, -0.25) is 0 Å². The number of ether oxygens (including phenoxy) is 3. The first-order chi connectivity index (χ1) is 7.61. The van der Waals surface area contributed by atoms with Crippen molar-refractivity contribution in [2.75, 3.05) is 6.79 Å². The highest BCUT2D eigenvalue weighted by Crippen LogP contribution is 2.51. The van der Waals surface area contributed by atoms with Gasteiger partial charge in [0.2, 0.25) is 6.79 Å². The fourth-order valence-corrected chi connectivity index (χ4v) is 1.84. The normalized spacial score (nSPS) is 30.2. The van der Waals surface area contributed by atoms with E-state index in [4.69, 9.17) is 19.3 Å². The molecule has 1 saturated heterocycles. The van der Waals surface area contributed by atoms with E-state index in [2.05, 4.69) is 0 Å². The molecule has 2 aliphatic heterocycles. The predicted molar refractivity (Wildman–Crippen MR) is 52.4 cm³/mol. The Morgan fingerprint density at radius 2 is 2.19 bits per heavy atom. The van der Waals surface area contributed by atoms with Crippen molar-refractivity contribution >= 4 is 5.97 Å². The number of epoxide rings is 1. The summed E-state index contributed by atoms with van der Waals surface area (Å²) in [6.07, 6.45) is -0.403. The highest BCUT2D eigenvalue weighted by molar-refractivity contribution is 5.81. The fraction of sp³-hybridized carbons (Fsp3) is 0.364. The van der Waals surface area contributed by atoms with E-state index in [1.54, 1.807) is 25.1 Å². The Bertz CT molecular complexity index is 469.